The zero-order valence-electron chi connectivity index (χ0n) is 13.1. The number of anilines is 1. The summed E-state index contributed by atoms with van der Waals surface area (Å²) >= 11 is 0. The van der Waals surface area contributed by atoms with Crippen molar-refractivity contribution >= 4 is 22.5 Å². The van der Waals surface area contributed by atoms with E-state index in [0.717, 1.165) is 10.9 Å². The minimum Gasteiger partial charge on any atom is -0.486 e. The molecule has 6 nitrogen and oxygen atoms in total. The zero-order chi connectivity index (χ0) is 16.4. The lowest BCUT2D eigenvalue weighted by Gasteiger charge is -2.19. The quantitative estimate of drug-likeness (QED) is 0.802. The third-order valence-corrected chi connectivity index (χ3v) is 3.93. The van der Waals surface area contributed by atoms with Gasteiger partial charge in [0.25, 0.3) is 0 Å². The van der Waals surface area contributed by atoms with Crippen LogP contribution in [0.3, 0.4) is 0 Å². The van der Waals surface area contributed by atoms with Crippen molar-refractivity contribution in [2.75, 3.05) is 18.5 Å². The van der Waals surface area contributed by atoms with Gasteiger partial charge < -0.3 is 14.8 Å². The minimum absolute atomic E-state index is 0.0636. The molecule has 2 heterocycles. The number of rotatable bonds is 4. The molecule has 1 aromatic heterocycles. The molecule has 2 aromatic carbocycles. The fraction of sp³-hybridized carbons (Fsp3) is 0.222. The van der Waals surface area contributed by atoms with Crippen molar-refractivity contribution in [3.05, 3.63) is 48.7 Å². The lowest BCUT2D eigenvalue weighted by atomic mass is 10.2. The van der Waals surface area contributed by atoms with Crippen LogP contribution >= 0.6 is 0 Å². The summed E-state index contributed by atoms with van der Waals surface area (Å²) in [5.41, 5.74) is 1.74. The normalized spacial score (nSPS) is 13.0. The maximum atomic E-state index is 12.2. The van der Waals surface area contributed by atoms with E-state index in [-0.39, 0.29) is 5.91 Å². The summed E-state index contributed by atoms with van der Waals surface area (Å²) in [6, 6.07) is 13.4. The second-order valence-corrected chi connectivity index (χ2v) is 5.58. The number of aryl methyl sites for hydroxylation is 1. The molecule has 24 heavy (non-hydrogen) atoms. The molecule has 4 rings (SSSR count). The highest BCUT2D eigenvalue weighted by molar-refractivity contribution is 5.91. The Hall–Kier alpha value is -3.02. The Morgan fingerprint density at radius 2 is 1.96 bits per heavy atom. The van der Waals surface area contributed by atoms with Gasteiger partial charge in [0.05, 0.1) is 18.3 Å². The minimum atomic E-state index is -0.0636. The molecular weight excluding hydrogens is 306 g/mol. The third kappa shape index (κ3) is 2.90. The number of benzene rings is 2. The van der Waals surface area contributed by atoms with Crippen LogP contribution in [0.5, 0.6) is 11.5 Å². The molecule has 3 aromatic rings. The highest BCUT2D eigenvalue weighted by Gasteiger charge is 2.13. The average molecular weight is 323 g/mol. The first-order chi connectivity index (χ1) is 11.8. The van der Waals surface area contributed by atoms with E-state index in [0.29, 0.717) is 43.4 Å². The van der Waals surface area contributed by atoms with E-state index < -0.39 is 0 Å². The topological polar surface area (TPSA) is 65.4 Å². The molecule has 1 amide bonds. The fourth-order valence-electron chi connectivity index (χ4n) is 2.76. The molecule has 0 bridgehead atoms. The Kier molecular flexibility index (Phi) is 3.78. The first-order valence-corrected chi connectivity index (χ1v) is 7.90. The summed E-state index contributed by atoms with van der Waals surface area (Å²) in [5.74, 6) is 1.31. The van der Waals surface area contributed by atoms with Gasteiger partial charge in [0.1, 0.15) is 13.2 Å². The number of fused-ring (bicyclic) bond motifs is 2. The molecule has 1 N–H and O–H groups in total. The molecular formula is C18H17N3O3. The molecule has 1 aliphatic heterocycles. The van der Waals surface area contributed by atoms with Crippen LogP contribution < -0.4 is 14.8 Å². The van der Waals surface area contributed by atoms with Crippen molar-refractivity contribution in [3.8, 4) is 11.5 Å². The van der Waals surface area contributed by atoms with Crippen LogP contribution in [0.1, 0.15) is 6.42 Å². The molecule has 0 atom stereocenters. The highest BCUT2D eigenvalue weighted by Crippen LogP contribution is 2.32. The summed E-state index contributed by atoms with van der Waals surface area (Å²) in [4.78, 5) is 12.2. The molecule has 0 fully saturated rings. The predicted molar refractivity (Wildman–Crippen MR) is 90.4 cm³/mol. The van der Waals surface area contributed by atoms with Crippen molar-refractivity contribution in [1.82, 2.24) is 9.78 Å². The van der Waals surface area contributed by atoms with Crippen LogP contribution in [-0.2, 0) is 11.3 Å². The molecule has 0 unspecified atom stereocenters. The molecule has 0 saturated carbocycles. The fourth-order valence-corrected chi connectivity index (χ4v) is 2.76. The number of nitrogens with zero attached hydrogens (tertiary/aromatic N) is 2. The molecule has 0 radical (unpaired) electrons. The van der Waals surface area contributed by atoms with Gasteiger partial charge in [-0.05, 0) is 18.2 Å². The SMILES string of the molecule is O=C(CCn1ncc2ccccc21)Nc1ccc2c(c1)OCCO2. The molecule has 6 heteroatoms. The number of ether oxygens (including phenoxy) is 2. The maximum Gasteiger partial charge on any atom is 0.226 e. The number of hydrogen-bond acceptors (Lipinski definition) is 4. The standard InChI is InChI=1S/C18H17N3O3/c22-18(7-8-21-15-4-2-1-3-13(15)12-19-21)20-14-5-6-16-17(11-14)24-10-9-23-16/h1-6,11-12H,7-10H2,(H,20,22). The van der Waals surface area contributed by atoms with Gasteiger partial charge in [-0.1, -0.05) is 18.2 Å². The largest absolute Gasteiger partial charge is 0.486 e. The highest BCUT2D eigenvalue weighted by atomic mass is 16.6. The van der Waals surface area contributed by atoms with Gasteiger partial charge in [0, 0.05) is 23.6 Å². The smallest absolute Gasteiger partial charge is 0.226 e. The van der Waals surface area contributed by atoms with E-state index >= 15 is 0 Å². The van der Waals surface area contributed by atoms with Crippen LogP contribution in [-0.4, -0.2) is 28.9 Å². The first-order valence-electron chi connectivity index (χ1n) is 7.90. The van der Waals surface area contributed by atoms with E-state index in [4.69, 9.17) is 9.47 Å². The lowest BCUT2D eigenvalue weighted by Crippen LogP contribution is -2.17. The second kappa shape index (κ2) is 6.23. The summed E-state index contributed by atoms with van der Waals surface area (Å²) in [5, 5.41) is 8.29. The molecule has 1 aliphatic rings. The number of carbonyl (C=O) groups excluding carboxylic acids is 1. The second-order valence-electron chi connectivity index (χ2n) is 5.58. The molecule has 122 valence electrons. The summed E-state index contributed by atoms with van der Waals surface area (Å²) < 4.78 is 12.8. The predicted octanol–water partition coefficient (Wildman–Crippen LogP) is 2.84. The monoisotopic (exact) mass is 323 g/mol. The van der Waals surface area contributed by atoms with Gasteiger partial charge in [-0.3, -0.25) is 9.48 Å². The molecule has 0 spiro atoms. The zero-order valence-corrected chi connectivity index (χ0v) is 13.1. The van der Waals surface area contributed by atoms with Crippen LogP contribution in [0.4, 0.5) is 5.69 Å². The van der Waals surface area contributed by atoms with Crippen molar-refractivity contribution in [2.24, 2.45) is 0 Å². The number of nitrogens with one attached hydrogen (secondary N) is 1. The summed E-state index contributed by atoms with van der Waals surface area (Å²) in [7, 11) is 0. The summed E-state index contributed by atoms with van der Waals surface area (Å²) in [6.07, 6.45) is 2.16. The Balaban J connectivity index is 1.40. The summed E-state index contributed by atoms with van der Waals surface area (Å²) in [6.45, 7) is 1.61. The van der Waals surface area contributed by atoms with E-state index in [1.807, 2.05) is 47.3 Å². The Bertz CT molecular complexity index is 888. The van der Waals surface area contributed by atoms with Gasteiger partial charge in [-0.25, -0.2) is 0 Å². The van der Waals surface area contributed by atoms with E-state index in [1.54, 1.807) is 6.07 Å². The number of aromatic nitrogens is 2. The van der Waals surface area contributed by atoms with Crippen LogP contribution in [0.15, 0.2) is 48.7 Å². The molecule has 0 aliphatic carbocycles. The molecule has 0 saturated heterocycles. The first kappa shape index (κ1) is 14.6. The van der Waals surface area contributed by atoms with E-state index in [2.05, 4.69) is 10.4 Å². The average Bonchev–Trinajstić information content (AvgIpc) is 3.03. The number of para-hydroxylation sites is 1. The van der Waals surface area contributed by atoms with E-state index in [1.165, 1.54) is 0 Å². The number of amides is 1. The maximum absolute atomic E-state index is 12.2. The van der Waals surface area contributed by atoms with Gasteiger partial charge >= 0.3 is 0 Å². The Labute approximate surface area is 139 Å². The van der Waals surface area contributed by atoms with Gasteiger partial charge in [-0.2, -0.15) is 5.10 Å². The van der Waals surface area contributed by atoms with E-state index in [9.17, 15) is 4.79 Å². The van der Waals surface area contributed by atoms with Crippen molar-refractivity contribution in [3.63, 3.8) is 0 Å². The van der Waals surface area contributed by atoms with Crippen LogP contribution in [0.2, 0.25) is 0 Å². The Morgan fingerprint density at radius 3 is 2.88 bits per heavy atom. The number of carbonyl (C=O) groups is 1. The Morgan fingerprint density at radius 1 is 1.12 bits per heavy atom. The van der Waals surface area contributed by atoms with Crippen molar-refractivity contribution in [2.45, 2.75) is 13.0 Å². The van der Waals surface area contributed by atoms with Gasteiger partial charge in [0.2, 0.25) is 5.91 Å². The third-order valence-electron chi connectivity index (χ3n) is 3.93. The van der Waals surface area contributed by atoms with Gasteiger partial charge in [0.15, 0.2) is 11.5 Å². The van der Waals surface area contributed by atoms with Crippen molar-refractivity contribution in [1.29, 1.82) is 0 Å². The van der Waals surface area contributed by atoms with Gasteiger partial charge in [-0.15, -0.1) is 0 Å². The van der Waals surface area contributed by atoms with Crippen LogP contribution in [0, 0.1) is 0 Å². The number of hydrogen-bond donors (Lipinski definition) is 1. The lowest BCUT2D eigenvalue weighted by molar-refractivity contribution is -0.116. The van der Waals surface area contributed by atoms with Crippen LogP contribution in [0.25, 0.3) is 10.9 Å². The van der Waals surface area contributed by atoms with Crippen molar-refractivity contribution < 1.29 is 14.3 Å².